The van der Waals surface area contributed by atoms with Gasteiger partial charge < -0.3 is 4.90 Å². The molecule has 1 heterocycles. The molecule has 0 radical (unpaired) electrons. The predicted octanol–water partition coefficient (Wildman–Crippen LogP) is 3.37. The number of hydrogen-bond donors (Lipinski definition) is 0. The van der Waals surface area contributed by atoms with Crippen molar-refractivity contribution in [3.8, 4) is 0 Å². The van der Waals surface area contributed by atoms with Crippen molar-refractivity contribution in [1.82, 2.24) is 0 Å². The Balaban J connectivity index is 2.30. The highest BCUT2D eigenvalue weighted by atomic mass is 16.1. The fourth-order valence-corrected chi connectivity index (χ4v) is 2.50. The Kier molecular flexibility index (Phi) is 3.51. The molecule has 2 heteroatoms. The van der Waals surface area contributed by atoms with Crippen molar-refractivity contribution in [2.24, 2.45) is 11.8 Å². The number of carbonyl (C=O) groups is 1. The van der Waals surface area contributed by atoms with Crippen molar-refractivity contribution >= 4 is 11.5 Å². The second-order valence-electron chi connectivity index (χ2n) is 5.15. The molecule has 1 aliphatic rings. The first-order chi connectivity index (χ1) is 8.13. The first kappa shape index (κ1) is 12.2. The van der Waals surface area contributed by atoms with E-state index in [-0.39, 0.29) is 5.78 Å². The lowest BCUT2D eigenvalue weighted by molar-refractivity contribution is 0.0988. The molecule has 2 rings (SSSR count). The van der Waals surface area contributed by atoms with Gasteiger partial charge in [-0.3, -0.25) is 4.79 Å². The van der Waals surface area contributed by atoms with E-state index in [1.54, 1.807) is 0 Å². The first-order valence-electron chi connectivity index (χ1n) is 6.50. The lowest BCUT2D eigenvalue weighted by atomic mass is 10.0. The summed E-state index contributed by atoms with van der Waals surface area (Å²) < 4.78 is 0. The molecule has 0 amide bonds. The highest BCUT2D eigenvalue weighted by Gasteiger charge is 2.27. The van der Waals surface area contributed by atoms with Gasteiger partial charge in [-0.1, -0.05) is 32.9 Å². The third kappa shape index (κ3) is 2.36. The topological polar surface area (TPSA) is 20.3 Å². The number of para-hydroxylation sites is 1. The number of ketones is 1. The van der Waals surface area contributed by atoms with Crippen LogP contribution < -0.4 is 4.90 Å². The average molecular weight is 231 g/mol. The molecule has 0 spiro atoms. The van der Waals surface area contributed by atoms with Crippen molar-refractivity contribution < 1.29 is 4.79 Å². The Morgan fingerprint density at radius 3 is 2.41 bits per heavy atom. The number of Topliss-reactive ketones (excluding diaryl/α,β-unsaturated/α-hetero) is 1. The third-order valence-corrected chi connectivity index (χ3v) is 3.85. The maximum Gasteiger partial charge on any atom is 0.164 e. The highest BCUT2D eigenvalue weighted by Crippen LogP contribution is 2.30. The molecule has 0 aliphatic carbocycles. The molecule has 1 aliphatic heterocycles. The normalized spacial score (nSPS) is 24.1. The fraction of sp³-hybridized carbons (Fsp3) is 0.533. The molecular weight excluding hydrogens is 210 g/mol. The van der Waals surface area contributed by atoms with Gasteiger partial charge in [-0.15, -0.1) is 0 Å². The summed E-state index contributed by atoms with van der Waals surface area (Å²) in [5.74, 6) is 1.66. The number of rotatable bonds is 3. The maximum atomic E-state index is 11.9. The summed E-state index contributed by atoms with van der Waals surface area (Å²) in [6, 6.07) is 8.01. The predicted molar refractivity (Wildman–Crippen MR) is 71.6 cm³/mol. The van der Waals surface area contributed by atoms with Crippen LogP contribution in [0, 0.1) is 11.8 Å². The molecule has 92 valence electrons. The number of carbonyl (C=O) groups excluding carboxylic acids is 1. The van der Waals surface area contributed by atoms with Crippen molar-refractivity contribution in [2.75, 3.05) is 18.0 Å². The van der Waals surface area contributed by atoms with E-state index in [4.69, 9.17) is 0 Å². The molecule has 0 saturated carbocycles. The molecule has 17 heavy (non-hydrogen) atoms. The van der Waals surface area contributed by atoms with E-state index in [1.165, 1.54) is 0 Å². The van der Waals surface area contributed by atoms with E-state index in [0.717, 1.165) is 24.3 Å². The summed E-state index contributed by atoms with van der Waals surface area (Å²) in [6.45, 7) is 8.63. The molecule has 0 N–H and O–H groups in total. The minimum Gasteiger partial charge on any atom is -0.370 e. The summed E-state index contributed by atoms with van der Waals surface area (Å²) in [4.78, 5) is 14.3. The van der Waals surface area contributed by atoms with Crippen molar-refractivity contribution in [2.45, 2.75) is 27.2 Å². The van der Waals surface area contributed by atoms with Crippen molar-refractivity contribution in [3.63, 3.8) is 0 Å². The molecule has 2 unspecified atom stereocenters. The summed E-state index contributed by atoms with van der Waals surface area (Å²) in [5, 5.41) is 0. The quantitative estimate of drug-likeness (QED) is 0.743. The Bertz CT molecular complexity index is 403. The molecule has 1 aromatic rings. The standard InChI is InChI=1S/C15H21NO/c1-4-15(17)13-7-5-6-8-14(13)16-9-11(2)12(3)10-16/h5-8,11-12H,4,9-10H2,1-3H3. The SMILES string of the molecule is CCC(=O)c1ccccc1N1CC(C)C(C)C1. The smallest absolute Gasteiger partial charge is 0.164 e. The lowest BCUT2D eigenvalue weighted by Gasteiger charge is -2.21. The van der Waals surface area contributed by atoms with Crippen LogP contribution in [0.25, 0.3) is 0 Å². The van der Waals surface area contributed by atoms with Crippen LogP contribution in [0.5, 0.6) is 0 Å². The van der Waals surface area contributed by atoms with Gasteiger partial charge in [0.25, 0.3) is 0 Å². The molecule has 0 bridgehead atoms. The molecule has 2 nitrogen and oxygen atoms in total. The van der Waals surface area contributed by atoms with Gasteiger partial charge in [-0.25, -0.2) is 0 Å². The number of nitrogens with zero attached hydrogens (tertiary/aromatic N) is 1. The number of hydrogen-bond acceptors (Lipinski definition) is 2. The zero-order valence-corrected chi connectivity index (χ0v) is 10.9. The van der Waals surface area contributed by atoms with Gasteiger partial charge in [-0.2, -0.15) is 0 Å². The molecule has 1 aromatic carbocycles. The number of benzene rings is 1. The van der Waals surface area contributed by atoms with E-state index >= 15 is 0 Å². The third-order valence-electron chi connectivity index (χ3n) is 3.85. The molecule has 2 atom stereocenters. The van der Waals surface area contributed by atoms with Gasteiger partial charge in [0.05, 0.1) is 0 Å². The summed E-state index contributed by atoms with van der Waals surface area (Å²) in [7, 11) is 0. The molecular formula is C15H21NO. The van der Waals surface area contributed by atoms with Crippen LogP contribution >= 0.6 is 0 Å². The summed E-state index contributed by atoms with van der Waals surface area (Å²) >= 11 is 0. The zero-order chi connectivity index (χ0) is 12.4. The second-order valence-corrected chi connectivity index (χ2v) is 5.15. The Morgan fingerprint density at radius 1 is 1.24 bits per heavy atom. The minimum absolute atomic E-state index is 0.243. The second kappa shape index (κ2) is 4.91. The van der Waals surface area contributed by atoms with E-state index in [0.29, 0.717) is 18.3 Å². The van der Waals surface area contributed by atoms with Crippen LogP contribution in [0.3, 0.4) is 0 Å². The van der Waals surface area contributed by atoms with Crippen LogP contribution in [0.1, 0.15) is 37.6 Å². The Morgan fingerprint density at radius 2 is 1.82 bits per heavy atom. The first-order valence-corrected chi connectivity index (χ1v) is 6.50. The van der Waals surface area contributed by atoms with Crippen LogP contribution in [0.15, 0.2) is 24.3 Å². The van der Waals surface area contributed by atoms with Gasteiger partial charge in [0.2, 0.25) is 0 Å². The summed E-state index contributed by atoms with van der Waals surface area (Å²) in [6.07, 6.45) is 0.579. The molecule has 1 fully saturated rings. The van der Waals surface area contributed by atoms with Gasteiger partial charge in [0.1, 0.15) is 0 Å². The van der Waals surface area contributed by atoms with Crippen LogP contribution in [0.4, 0.5) is 5.69 Å². The van der Waals surface area contributed by atoms with Gasteiger partial charge in [0, 0.05) is 30.8 Å². The van der Waals surface area contributed by atoms with E-state index in [2.05, 4.69) is 24.8 Å². The van der Waals surface area contributed by atoms with Crippen LogP contribution in [-0.4, -0.2) is 18.9 Å². The lowest BCUT2D eigenvalue weighted by Crippen LogP contribution is -2.22. The summed E-state index contributed by atoms with van der Waals surface area (Å²) in [5.41, 5.74) is 2.01. The molecule has 0 aromatic heterocycles. The maximum absolute atomic E-state index is 11.9. The highest BCUT2D eigenvalue weighted by molar-refractivity contribution is 6.01. The van der Waals surface area contributed by atoms with Crippen molar-refractivity contribution in [3.05, 3.63) is 29.8 Å². The fourth-order valence-electron chi connectivity index (χ4n) is 2.50. The van der Waals surface area contributed by atoms with E-state index < -0.39 is 0 Å². The minimum atomic E-state index is 0.243. The van der Waals surface area contributed by atoms with Gasteiger partial charge >= 0.3 is 0 Å². The zero-order valence-electron chi connectivity index (χ0n) is 10.9. The Labute approximate surface area is 104 Å². The van der Waals surface area contributed by atoms with Crippen LogP contribution in [0.2, 0.25) is 0 Å². The Hall–Kier alpha value is -1.31. The largest absolute Gasteiger partial charge is 0.370 e. The molecule has 1 saturated heterocycles. The monoisotopic (exact) mass is 231 g/mol. The van der Waals surface area contributed by atoms with E-state index in [9.17, 15) is 4.79 Å². The van der Waals surface area contributed by atoms with Gasteiger partial charge in [-0.05, 0) is 24.0 Å². The number of anilines is 1. The average Bonchev–Trinajstić information content (AvgIpc) is 2.68. The van der Waals surface area contributed by atoms with Crippen LogP contribution in [-0.2, 0) is 0 Å². The van der Waals surface area contributed by atoms with Crippen molar-refractivity contribution in [1.29, 1.82) is 0 Å². The van der Waals surface area contributed by atoms with E-state index in [1.807, 2.05) is 25.1 Å². The van der Waals surface area contributed by atoms with Gasteiger partial charge in [0.15, 0.2) is 5.78 Å².